The van der Waals surface area contributed by atoms with Gasteiger partial charge in [0, 0.05) is 5.39 Å². The van der Waals surface area contributed by atoms with Gasteiger partial charge in [0.1, 0.15) is 5.82 Å². The molecule has 96 valence electrons. The molecule has 0 aliphatic heterocycles. The zero-order valence-electron chi connectivity index (χ0n) is 10.9. The zero-order chi connectivity index (χ0) is 13.4. The summed E-state index contributed by atoms with van der Waals surface area (Å²) in [7, 11) is 0. The standard InChI is InChI=1S/C15H14FN3/c1-10-5-3-4-6-12(10)9-19-15-14(11(2)18-19)7-13(16)8-17-15/h3-8H,9H2,1-2H3. The van der Waals surface area contributed by atoms with Crippen LogP contribution in [0, 0.1) is 19.7 Å². The molecule has 0 fully saturated rings. The van der Waals surface area contributed by atoms with Gasteiger partial charge in [-0.15, -0.1) is 0 Å². The third-order valence-corrected chi connectivity index (χ3v) is 3.32. The van der Waals surface area contributed by atoms with Crippen LogP contribution >= 0.6 is 0 Å². The fourth-order valence-corrected chi connectivity index (χ4v) is 2.25. The van der Waals surface area contributed by atoms with Crippen molar-refractivity contribution in [2.45, 2.75) is 20.4 Å². The average molecular weight is 255 g/mol. The van der Waals surface area contributed by atoms with Crippen LogP contribution < -0.4 is 0 Å². The first-order valence-corrected chi connectivity index (χ1v) is 6.18. The maximum atomic E-state index is 13.2. The van der Waals surface area contributed by atoms with Gasteiger partial charge in [0.2, 0.25) is 0 Å². The SMILES string of the molecule is Cc1ccccc1Cn1nc(C)c2cc(F)cnc21. The Bertz CT molecular complexity index is 746. The number of aromatic nitrogens is 3. The second kappa shape index (κ2) is 4.46. The lowest BCUT2D eigenvalue weighted by Gasteiger charge is -2.06. The van der Waals surface area contributed by atoms with Gasteiger partial charge in [-0.1, -0.05) is 24.3 Å². The van der Waals surface area contributed by atoms with Crippen molar-refractivity contribution < 1.29 is 4.39 Å². The van der Waals surface area contributed by atoms with Gasteiger partial charge in [-0.05, 0) is 31.0 Å². The highest BCUT2D eigenvalue weighted by Gasteiger charge is 2.10. The van der Waals surface area contributed by atoms with Crippen LogP contribution in [-0.2, 0) is 6.54 Å². The van der Waals surface area contributed by atoms with Crippen LogP contribution in [0.2, 0.25) is 0 Å². The molecule has 3 nitrogen and oxygen atoms in total. The fraction of sp³-hybridized carbons (Fsp3) is 0.200. The summed E-state index contributed by atoms with van der Waals surface area (Å²) in [6.45, 7) is 4.59. The first kappa shape index (κ1) is 11.8. The van der Waals surface area contributed by atoms with E-state index in [1.165, 1.54) is 23.4 Å². The van der Waals surface area contributed by atoms with Crippen LogP contribution in [0.1, 0.15) is 16.8 Å². The van der Waals surface area contributed by atoms with Crippen molar-refractivity contribution >= 4 is 11.0 Å². The average Bonchev–Trinajstić information content (AvgIpc) is 2.69. The number of hydrogen-bond acceptors (Lipinski definition) is 2. The molecule has 0 amide bonds. The molecule has 0 saturated heterocycles. The minimum atomic E-state index is -0.328. The number of nitrogens with zero attached hydrogens (tertiary/aromatic N) is 3. The number of pyridine rings is 1. The molecule has 4 heteroatoms. The predicted molar refractivity (Wildman–Crippen MR) is 72.5 cm³/mol. The van der Waals surface area contributed by atoms with Gasteiger partial charge < -0.3 is 0 Å². The molecule has 2 aromatic heterocycles. The highest BCUT2D eigenvalue weighted by molar-refractivity contribution is 5.78. The van der Waals surface area contributed by atoms with Crippen LogP contribution in [0.4, 0.5) is 4.39 Å². The fourth-order valence-electron chi connectivity index (χ4n) is 2.25. The van der Waals surface area contributed by atoms with Crippen LogP contribution in [0.25, 0.3) is 11.0 Å². The minimum Gasteiger partial charge on any atom is -0.243 e. The molecular weight excluding hydrogens is 241 g/mol. The first-order valence-electron chi connectivity index (χ1n) is 6.18. The van der Waals surface area contributed by atoms with Crippen molar-refractivity contribution in [2.24, 2.45) is 0 Å². The Balaban J connectivity index is 2.09. The molecule has 3 aromatic rings. The third-order valence-electron chi connectivity index (χ3n) is 3.32. The molecule has 0 aliphatic rings. The number of fused-ring (bicyclic) bond motifs is 1. The van der Waals surface area contributed by atoms with Crippen molar-refractivity contribution in [3.63, 3.8) is 0 Å². The Morgan fingerprint density at radius 3 is 2.79 bits per heavy atom. The van der Waals surface area contributed by atoms with E-state index in [-0.39, 0.29) is 5.82 Å². The van der Waals surface area contributed by atoms with E-state index in [1.807, 2.05) is 23.7 Å². The summed E-state index contributed by atoms with van der Waals surface area (Å²) in [5, 5.41) is 5.23. The van der Waals surface area contributed by atoms with Crippen molar-refractivity contribution in [1.29, 1.82) is 0 Å². The van der Waals surface area contributed by atoms with Crippen molar-refractivity contribution in [2.75, 3.05) is 0 Å². The molecule has 0 radical (unpaired) electrons. The molecule has 2 heterocycles. The number of rotatable bonds is 2. The van der Waals surface area contributed by atoms with E-state index in [9.17, 15) is 4.39 Å². The normalized spacial score (nSPS) is 11.1. The van der Waals surface area contributed by atoms with Gasteiger partial charge in [0.25, 0.3) is 0 Å². The van der Waals surface area contributed by atoms with Crippen LogP contribution in [0.5, 0.6) is 0 Å². The summed E-state index contributed by atoms with van der Waals surface area (Å²) >= 11 is 0. The van der Waals surface area contributed by atoms with E-state index in [4.69, 9.17) is 0 Å². The first-order chi connectivity index (χ1) is 9.15. The minimum absolute atomic E-state index is 0.328. The quantitative estimate of drug-likeness (QED) is 0.703. The van der Waals surface area contributed by atoms with E-state index in [0.717, 1.165) is 16.7 Å². The van der Waals surface area contributed by atoms with Gasteiger partial charge >= 0.3 is 0 Å². The van der Waals surface area contributed by atoms with E-state index in [2.05, 4.69) is 29.1 Å². The van der Waals surface area contributed by atoms with E-state index >= 15 is 0 Å². The number of hydrogen-bond donors (Lipinski definition) is 0. The molecule has 1 aromatic carbocycles. The molecule has 0 spiro atoms. The van der Waals surface area contributed by atoms with Gasteiger partial charge in [-0.25, -0.2) is 14.1 Å². The number of halogens is 1. The Hall–Kier alpha value is -2.23. The van der Waals surface area contributed by atoms with Crippen LogP contribution in [-0.4, -0.2) is 14.8 Å². The number of aryl methyl sites for hydroxylation is 2. The van der Waals surface area contributed by atoms with Gasteiger partial charge in [0.05, 0.1) is 18.4 Å². The number of benzene rings is 1. The Kier molecular flexibility index (Phi) is 2.78. The molecule has 0 saturated carbocycles. The summed E-state index contributed by atoms with van der Waals surface area (Å²) in [5.41, 5.74) is 3.93. The van der Waals surface area contributed by atoms with E-state index in [1.54, 1.807) is 0 Å². The van der Waals surface area contributed by atoms with Crippen molar-refractivity contribution in [3.05, 3.63) is 59.2 Å². The van der Waals surface area contributed by atoms with E-state index < -0.39 is 0 Å². The smallest absolute Gasteiger partial charge is 0.158 e. The Morgan fingerprint density at radius 2 is 2.00 bits per heavy atom. The Labute approximate surface area is 110 Å². The molecule has 3 rings (SSSR count). The van der Waals surface area contributed by atoms with Gasteiger partial charge in [-0.3, -0.25) is 0 Å². The second-order valence-corrected chi connectivity index (χ2v) is 4.69. The van der Waals surface area contributed by atoms with Gasteiger partial charge in [0.15, 0.2) is 5.65 Å². The van der Waals surface area contributed by atoms with Crippen molar-refractivity contribution in [3.8, 4) is 0 Å². The zero-order valence-corrected chi connectivity index (χ0v) is 10.9. The van der Waals surface area contributed by atoms with Crippen LogP contribution in [0.15, 0.2) is 36.5 Å². The molecule has 0 bridgehead atoms. The maximum Gasteiger partial charge on any atom is 0.158 e. The summed E-state index contributed by atoms with van der Waals surface area (Å²) in [5.74, 6) is -0.328. The topological polar surface area (TPSA) is 30.7 Å². The lowest BCUT2D eigenvalue weighted by molar-refractivity contribution is 0.622. The molecule has 19 heavy (non-hydrogen) atoms. The predicted octanol–water partition coefficient (Wildman–Crippen LogP) is 3.24. The Morgan fingerprint density at radius 1 is 1.21 bits per heavy atom. The molecule has 0 N–H and O–H groups in total. The molecular formula is C15H14FN3. The monoisotopic (exact) mass is 255 g/mol. The lowest BCUT2D eigenvalue weighted by Crippen LogP contribution is -2.04. The largest absolute Gasteiger partial charge is 0.243 e. The third kappa shape index (κ3) is 2.10. The summed E-state index contributed by atoms with van der Waals surface area (Å²) < 4.78 is 15.0. The van der Waals surface area contributed by atoms with Crippen LogP contribution in [0.3, 0.4) is 0 Å². The van der Waals surface area contributed by atoms with Crippen molar-refractivity contribution in [1.82, 2.24) is 14.8 Å². The molecule has 0 unspecified atom stereocenters. The highest BCUT2D eigenvalue weighted by Crippen LogP contribution is 2.18. The molecule has 0 aliphatic carbocycles. The second-order valence-electron chi connectivity index (χ2n) is 4.69. The summed E-state index contributed by atoms with van der Waals surface area (Å²) in [4.78, 5) is 4.15. The summed E-state index contributed by atoms with van der Waals surface area (Å²) in [6, 6.07) is 9.65. The maximum absolute atomic E-state index is 13.2. The summed E-state index contributed by atoms with van der Waals surface area (Å²) in [6.07, 6.45) is 1.23. The molecule has 0 atom stereocenters. The highest BCUT2D eigenvalue weighted by atomic mass is 19.1. The lowest BCUT2D eigenvalue weighted by atomic mass is 10.1. The van der Waals surface area contributed by atoms with E-state index in [0.29, 0.717) is 6.54 Å². The van der Waals surface area contributed by atoms with Gasteiger partial charge in [-0.2, -0.15) is 5.10 Å².